The Morgan fingerprint density at radius 1 is 1.35 bits per heavy atom. The first-order chi connectivity index (χ1) is 8.31. The van der Waals surface area contributed by atoms with Gasteiger partial charge >= 0.3 is 0 Å². The van der Waals surface area contributed by atoms with Crippen molar-refractivity contribution < 1.29 is 4.79 Å². The molecule has 17 heavy (non-hydrogen) atoms. The van der Waals surface area contributed by atoms with Crippen molar-refractivity contribution in [3.8, 4) is 0 Å². The van der Waals surface area contributed by atoms with Gasteiger partial charge in [-0.25, -0.2) is 0 Å². The van der Waals surface area contributed by atoms with Gasteiger partial charge in [0.05, 0.1) is 5.52 Å². The van der Waals surface area contributed by atoms with Crippen molar-refractivity contribution in [2.75, 3.05) is 6.54 Å². The van der Waals surface area contributed by atoms with Crippen LogP contribution >= 0.6 is 0 Å². The first kappa shape index (κ1) is 11.3. The van der Waals surface area contributed by atoms with Gasteiger partial charge in [-0.2, -0.15) is 0 Å². The summed E-state index contributed by atoms with van der Waals surface area (Å²) in [4.78, 5) is 15.4. The third kappa shape index (κ3) is 2.69. The fourth-order valence-corrected chi connectivity index (χ4v) is 1.76. The monoisotopic (exact) mass is 226 g/mol. The molecule has 3 nitrogen and oxygen atoms in total. The Morgan fingerprint density at radius 2 is 2.18 bits per heavy atom. The Kier molecular flexibility index (Phi) is 3.50. The van der Waals surface area contributed by atoms with Gasteiger partial charge in [-0.05, 0) is 24.1 Å². The summed E-state index contributed by atoms with van der Waals surface area (Å²) in [5.74, 6) is -0.141. The quantitative estimate of drug-likeness (QED) is 0.811. The lowest BCUT2D eigenvalue weighted by molar-refractivity contribution is -0.116. The number of aromatic nitrogens is 1. The van der Waals surface area contributed by atoms with Gasteiger partial charge in [-0.15, -0.1) is 0 Å². The Morgan fingerprint density at radius 3 is 3.00 bits per heavy atom. The number of pyridine rings is 1. The average molecular weight is 226 g/mol. The number of hydrogen-bond donors (Lipinski definition) is 1. The summed E-state index contributed by atoms with van der Waals surface area (Å²) in [6.07, 6.45) is 3.84. The summed E-state index contributed by atoms with van der Waals surface area (Å²) in [6, 6.07) is 10.0. The van der Waals surface area contributed by atoms with Crippen molar-refractivity contribution in [1.82, 2.24) is 10.3 Å². The Hall–Kier alpha value is -2.16. The highest BCUT2D eigenvalue weighted by atomic mass is 16.1. The van der Waals surface area contributed by atoms with Crippen LogP contribution in [-0.4, -0.2) is 17.4 Å². The molecular formula is C14H14N2O. The second kappa shape index (κ2) is 5.25. The Bertz CT molecular complexity index is 543. The highest BCUT2D eigenvalue weighted by Crippen LogP contribution is 2.15. The molecule has 0 aliphatic rings. The molecular weight excluding hydrogens is 212 g/mol. The SMILES string of the molecule is C=CC(=O)NCCc1cccc2cccnc12. The van der Waals surface area contributed by atoms with E-state index in [0.717, 1.165) is 22.9 Å². The van der Waals surface area contributed by atoms with Crippen molar-refractivity contribution in [2.45, 2.75) is 6.42 Å². The first-order valence-corrected chi connectivity index (χ1v) is 5.54. The molecule has 1 N–H and O–H groups in total. The predicted octanol–water partition coefficient (Wildman–Crippen LogP) is 2.08. The molecule has 0 saturated heterocycles. The molecule has 1 aromatic carbocycles. The number of hydrogen-bond acceptors (Lipinski definition) is 2. The van der Waals surface area contributed by atoms with Gasteiger partial charge in [0.25, 0.3) is 0 Å². The second-order valence-corrected chi connectivity index (χ2v) is 3.74. The van der Waals surface area contributed by atoms with E-state index >= 15 is 0 Å². The molecule has 0 aliphatic heterocycles. The van der Waals surface area contributed by atoms with Crippen LogP contribution in [0.4, 0.5) is 0 Å². The van der Waals surface area contributed by atoms with Gasteiger partial charge in [-0.3, -0.25) is 9.78 Å². The number of nitrogens with zero attached hydrogens (tertiary/aromatic N) is 1. The number of rotatable bonds is 4. The third-order valence-electron chi connectivity index (χ3n) is 2.60. The summed E-state index contributed by atoms with van der Waals surface area (Å²) < 4.78 is 0. The zero-order chi connectivity index (χ0) is 12.1. The van der Waals surface area contributed by atoms with Crippen LogP contribution in [0.3, 0.4) is 0 Å². The van der Waals surface area contributed by atoms with Crippen LogP contribution in [0.25, 0.3) is 10.9 Å². The smallest absolute Gasteiger partial charge is 0.243 e. The molecule has 2 aromatic rings. The summed E-state index contributed by atoms with van der Waals surface area (Å²) in [7, 11) is 0. The van der Waals surface area contributed by atoms with Crippen LogP contribution in [0.15, 0.2) is 49.2 Å². The molecule has 1 amide bonds. The van der Waals surface area contributed by atoms with Crippen LogP contribution in [-0.2, 0) is 11.2 Å². The van der Waals surface area contributed by atoms with Crippen molar-refractivity contribution in [2.24, 2.45) is 0 Å². The maximum atomic E-state index is 11.0. The summed E-state index contributed by atoms with van der Waals surface area (Å²) >= 11 is 0. The van der Waals surface area contributed by atoms with Crippen molar-refractivity contribution in [3.05, 3.63) is 54.7 Å². The molecule has 0 spiro atoms. The lowest BCUT2D eigenvalue weighted by atomic mass is 10.1. The Labute approximate surface area is 100 Å². The van der Waals surface area contributed by atoms with E-state index in [4.69, 9.17) is 0 Å². The van der Waals surface area contributed by atoms with Gasteiger partial charge < -0.3 is 5.32 Å². The normalized spacial score (nSPS) is 10.1. The van der Waals surface area contributed by atoms with E-state index in [0.29, 0.717) is 6.54 Å². The second-order valence-electron chi connectivity index (χ2n) is 3.74. The molecule has 0 aliphatic carbocycles. The average Bonchev–Trinajstić information content (AvgIpc) is 2.39. The molecule has 0 saturated carbocycles. The van der Waals surface area contributed by atoms with E-state index in [1.54, 1.807) is 6.20 Å². The number of fused-ring (bicyclic) bond motifs is 1. The zero-order valence-electron chi connectivity index (χ0n) is 9.52. The molecule has 0 radical (unpaired) electrons. The molecule has 1 heterocycles. The summed E-state index contributed by atoms with van der Waals surface area (Å²) in [5.41, 5.74) is 2.15. The minimum absolute atomic E-state index is 0.141. The summed E-state index contributed by atoms with van der Waals surface area (Å²) in [5, 5.41) is 3.89. The highest BCUT2D eigenvalue weighted by Gasteiger charge is 2.01. The van der Waals surface area contributed by atoms with Gasteiger partial charge in [0, 0.05) is 18.1 Å². The molecule has 3 heteroatoms. The van der Waals surface area contributed by atoms with E-state index in [1.165, 1.54) is 6.08 Å². The molecule has 1 aromatic heterocycles. The topological polar surface area (TPSA) is 42.0 Å². The van der Waals surface area contributed by atoms with Crippen LogP contribution in [0.2, 0.25) is 0 Å². The van der Waals surface area contributed by atoms with Crippen LogP contribution in [0.1, 0.15) is 5.56 Å². The van der Waals surface area contributed by atoms with Crippen LogP contribution < -0.4 is 5.32 Å². The summed E-state index contributed by atoms with van der Waals surface area (Å²) in [6.45, 7) is 4.01. The lowest BCUT2D eigenvalue weighted by Crippen LogP contribution is -2.23. The number of benzene rings is 1. The molecule has 0 fully saturated rings. The number of carbonyl (C=O) groups is 1. The number of carbonyl (C=O) groups excluding carboxylic acids is 1. The van der Waals surface area contributed by atoms with Gasteiger partial charge in [0.1, 0.15) is 0 Å². The van der Waals surface area contributed by atoms with E-state index < -0.39 is 0 Å². The van der Waals surface area contributed by atoms with Gasteiger partial charge in [0.2, 0.25) is 5.91 Å². The minimum atomic E-state index is -0.141. The first-order valence-electron chi connectivity index (χ1n) is 5.54. The van der Waals surface area contributed by atoms with Crippen molar-refractivity contribution in [1.29, 1.82) is 0 Å². The van der Waals surface area contributed by atoms with Gasteiger partial charge in [0.15, 0.2) is 0 Å². The maximum Gasteiger partial charge on any atom is 0.243 e. The maximum absolute atomic E-state index is 11.0. The van der Waals surface area contributed by atoms with Gasteiger partial charge in [-0.1, -0.05) is 30.8 Å². The molecule has 0 atom stereocenters. The lowest BCUT2D eigenvalue weighted by Gasteiger charge is -2.05. The van der Waals surface area contributed by atoms with Crippen LogP contribution in [0.5, 0.6) is 0 Å². The minimum Gasteiger partial charge on any atom is -0.352 e. The highest BCUT2D eigenvalue weighted by molar-refractivity contribution is 5.87. The molecule has 0 unspecified atom stereocenters. The van der Waals surface area contributed by atoms with E-state index in [1.807, 2.05) is 30.3 Å². The predicted molar refractivity (Wildman–Crippen MR) is 68.7 cm³/mol. The standard InChI is InChI=1S/C14H14N2O/c1-2-13(17)15-10-8-12-6-3-5-11-7-4-9-16-14(11)12/h2-7,9H,1,8,10H2,(H,15,17). The number of nitrogens with one attached hydrogen (secondary N) is 1. The van der Waals surface area contributed by atoms with Crippen molar-refractivity contribution in [3.63, 3.8) is 0 Å². The molecule has 86 valence electrons. The van der Waals surface area contributed by atoms with Crippen LogP contribution in [0, 0.1) is 0 Å². The number of amides is 1. The zero-order valence-corrected chi connectivity index (χ0v) is 9.52. The Balaban J connectivity index is 2.13. The fraction of sp³-hybridized carbons (Fsp3) is 0.143. The largest absolute Gasteiger partial charge is 0.352 e. The fourth-order valence-electron chi connectivity index (χ4n) is 1.76. The molecule has 2 rings (SSSR count). The number of para-hydroxylation sites is 1. The third-order valence-corrected chi connectivity index (χ3v) is 2.60. The molecule has 0 bridgehead atoms. The van der Waals surface area contributed by atoms with E-state index in [-0.39, 0.29) is 5.91 Å². The van der Waals surface area contributed by atoms with Crippen molar-refractivity contribution >= 4 is 16.8 Å². The van der Waals surface area contributed by atoms with E-state index in [9.17, 15) is 4.79 Å². The van der Waals surface area contributed by atoms with E-state index in [2.05, 4.69) is 16.9 Å².